The van der Waals surface area contributed by atoms with Crippen molar-refractivity contribution in [3.8, 4) is 0 Å². The third-order valence-corrected chi connectivity index (χ3v) is 6.24. The van der Waals surface area contributed by atoms with Crippen molar-refractivity contribution >= 4 is 29.9 Å². The van der Waals surface area contributed by atoms with Gasteiger partial charge in [0.1, 0.15) is 0 Å². The monoisotopic (exact) mass is 543 g/mol. The topological polar surface area (TPSA) is 52.1 Å². The second-order valence-corrected chi connectivity index (χ2v) is 8.86. The Kier molecular flexibility index (Phi) is 12.1. The molecule has 6 nitrogen and oxygen atoms in total. The van der Waals surface area contributed by atoms with Crippen LogP contribution in [-0.4, -0.2) is 80.3 Å². The highest BCUT2D eigenvalue weighted by molar-refractivity contribution is 14.0. The van der Waals surface area contributed by atoms with Crippen LogP contribution in [0.2, 0.25) is 0 Å². The van der Waals surface area contributed by atoms with E-state index in [9.17, 15) is 0 Å². The minimum atomic E-state index is 0. The molecule has 2 saturated heterocycles. The number of likely N-dealkylation sites (tertiary alicyclic amines) is 1. The molecule has 0 aromatic heterocycles. The summed E-state index contributed by atoms with van der Waals surface area (Å²) in [5.74, 6) is 1.55. The van der Waals surface area contributed by atoms with Gasteiger partial charge in [0.25, 0.3) is 0 Å². The summed E-state index contributed by atoms with van der Waals surface area (Å²) in [5.41, 5.74) is 1.40. The van der Waals surface area contributed by atoms with Crippen molar-refractivity contribution in [1.29, 1.82) is 0 Å². The Morgan fingerprint density at radius 3 is 2.39 bits per heavy atom. The Bertz CT molecular complexity index is 628. The van der Waals surface area contributed by atoms with Gasteiger partial charge in [0, 0.05) is 51.4 Å². The van der Waals surface area contributed by atoms with Gasteiger partial charge in [0.05, 0.1) is 19.8 Å². The summed E-state index contributed by atoms with van der Waals surface area (Å²) in [5, 5.41) is 7.17. The fraction of sp³-hybridized carbons (Fsp3) is 0.708. The smallest absolute Gasteiger partial charge is 0.191 e. The maximum absolute atomic E-state index is 5.53. The van der Waals surface area contributed by atoms with Crippen molar-refractivity contribution in [3.05, 3.63) is 35.9 Å². The van der Waals surface area contributed by atoms with Crippen molar-refractivity contribution in [2.45, 2.75) is 52.2 Å². The van der Waals surface area contributed by atoms with Gasteiger partial charge in [0.15, 0.2) is 5.96 Å². The fourth-order valence-electron chi connectivity index (χ4n) is 4.43. The number of aliphatic imine (C=N–C) groups is 1. The zero-order valence-electron chi connectivity index (χ0n) is 19.6. The number of nitrogens with zero attached hydrogens (tertiary/aromatic N) is 3. The molecule has 1 atom stereocenters. The van der Waals surface area contributed by atoms with Crippen LogP contribution in [0.15, 0.2) is 35.3 Å². The quantitative estimate of drug-likeness (QED) is 0.300. The van der Waals surface area contributed by atoms with Crippen LogP contribution in [0.25, 0.3) is 0 Å². The summed E-state index contributed by atoms with van der Waals surface area (Å²) in [6.45, 7) is 15.5. The van der Waals surface area contributed by atoms with E-state index in [1.807, 2.05) is 0 Å². The van der Waals surface area contributed by atoms with E-state index in [2.05, 4.69) is 71.5 Å². The number of rotatable bonds is 8. The largest absolute Gasteiger partial charge is 0.379 e. The van der Waals surface area contributed by atoms with E-state index < -0.39 is 0 Å². The Hall–Kier alpha value is -0.900. The van der Waals surface area contributed by atoms with Crippen LogP contribution in [0.4, 0.5) is 0 Å². The van der Waals surface area contributed by atoms with Crippen molar-refractivity contribution in [2.24, 2.45) is 10.9 Å². The van der Waals surface area contributed by atoms with Gasteiger partial charge in [0.2, 0.25) is 0 Å². The molecule has 2 fully saturated rings. The molecule has 2 heterocycles. The number of hydrogen-bond donors (Lipinski definition) is 2. The number of nitrogens with one attached hydrogen (secondary N) is 2. The summed E-state index contributed by atoms with van der Waals surface area (Å²) in [6.07, 6.45) is 2.32. The lowest BCUT2D eigenvalue weighted by molar-refractivity contribution is 0.00867. The molecule has 0 aliphatic carbocycles. The second kappa shape index (κ2) is 14.3. The first kappa shape index (κ1) is 26.4. The third kappa shape index (κ3) is 8.86. The second-order valence-electron chi connectivity index (χ2n) is 8.86. The molecule has 0 spiro atoms. The van der Waals surface area contributed by atoms with Gasteiger partial charge < -0.3 is 15.4 Å². The lowest BCUT2D eigenvalue weighted by atomic mass is 10.0. The number of ether oxygens (including phenoxy) is 1. The SMILES string of the molecule is CCNC(=NCC(C(C)C)N1CCOCC1)NC1CCN(Cc2ccccc2)CC1.I. The number of halogens is 1. The Labute approximate surface area is 206 Å². The molecular weight excluding hydrogens is 501 g/mol. The van der Waals surface area contributed by atoms with E-state index in [1.165, 1.54) is 5.56 Å². The third-order valence-electron chi connectivity index (χ3n) is 6.24. The van der Waals surface area contributed by atoms with Crippen LogP contribution in [0.1, 0.15) is 39.2 Å². The molecule has 176 valence electrons. The molecule has 0 bridgehead atoms. The van der Waals surface area contributed by atoms with E-state index in [4.69, 9.17) is 9.73 Å². The molecule has 1 aromatic carbocycles. The zero-order chi connectivity index (χ0) is 21.2. The average molecular weight is 544 g/mol. The summed E-state index contributed by atoms with van der Waals surface area (Å²) in [4.78, 5) is 10.1. The predicted octanol–water partition coefficient (Wildman–Crippen LogP) is 3.18. The summed E-state index contributed by atoms with van der Waals surface area (Å²) >= 11 is 0. The highest BCUT2D eigenvalue weighted by Gasteiger charge is 2.24. The standard InChI is InChI=1S/C24H41N5O.HI/c1-4-25-24(26-18-23(20(2)3)29-14-16-30-17-15-29)27-22-10-12-28(13-11-22)19-21-8-6-5-7-9-21;/h5-9,20,22-23H,4,10-19H2,1-3H3,(H2,25,26,27);1H. The molecule has 0 radical (unpaired) electrons. The van der Waals surface area contributed by atoms with Crippen LogP contribution in [0.3, 0.4) is 0 Å². The fourth-order valence-corrected chi connectivity index (χ4v) is 4.43. The van der Waals surface area contributed by atoms with Gasteiger partial charge in [-0.3, -0.25) is 14.8 Å². The van der Waals surface area contributed by atoms with Crippen LogP contribution in [0.5, 0.6) is 0 Å². The first-order chi connectivity index (χ1) is 14.7. The van der Waals surface area contributed by atoms with E-state index in [1.54, 1.807) is 0 Å². The van der Waals surface area contributed by atoms with E-state index in [0.29, 0.717) is 18.0 Å². The van der Waals surface area contributed by atoms with Crippen LogP contribution in [0, 0.1) is 5.92 Å². The van der Waals surface area contributed by atoms with Gasteiger partial charge in [-0.05, 0) is 31.2 Å². The number of benzene rings is 1. The first-order valence-electron chi connectivity index (χ1n) is 11.8. The predicted molar refractivity (Wildman–Crippen MR) is 140 cm³/mol. The molecule has 2 N–H and O–H groups in total. The summed E-state index contributed by atoms with van der Waals surface area (Å²) in [7, 11) is 0. The van der Waals surface area contributed by atoms with E-state index >= 15 is 0 Å². The zero-order valence-corrected chi connectivity index (χ0v) is 21.9. The molecule has 0 saturated carbocycles. The maximum Gasteiger partial charge on any atom is 0.191 e. The lowest BCUT2D eigenvalue weighted by Crippen LogP contribution is -2.50. The number of morpholine rings is 1. The van der Waals surface area contributed by atoms with Gasteiger partial charge in [-0.2, -0.15) is 0 Å². The van der Waals surface area contributed by atoms with Gasteiger partial charge >= 0.3 is 0 Å². The average Bonchev–Trinajstić information content (AvgIpc) is 2.76. The van der Waals surface area contributed by atoms with Gasteiger partial charge in [-0.15, -0.1) is 24.0 Å². The normalized spacial score (nSPS) is 20.3. The van der Waals surface area contributed by atoms with E-state index in [-0.39, 0.29) is 24.0 Å². The number of guanidine groups is 1. The highest BCUT2D eigenvalue weighted by atomic mass is 127. The number of piperidine rings is 1. The van der Waals surface area contributed by atoms with Gasteiger partial charge in [-0.1, -0.05) is 44.2 Å². The highest BCUT2D eigenvalue weighted by Crippen LogP contribution is 2.15. The molecule has 31 heavy (non-hydrogen) atoms. The van der Waals surface area contributed by atoms with Crippen LogP contribution >= 0.6 is 24.0 Å². The van der Waals surface area contributed by atoms with Crippen molar-refractivity contribution in [2.75, 3.05) is 52.5 Å². The summed E-state index contributed by atoms with van der Waals surface area (Å²) < 4.78 is 5.53. The minimum Gasteiger partial charge on any atom is -0.379 e. The number of hydrogen-bond acceptors (Lipinski definition) is 4. The summed E-state index contributed by atoms with van der Waals surface area (Å²) in [6, 6.07) is 11.8. The van der Waals surface area contributed by atoms with Gasteiger partial charge in [-0.25, -0.2) is 0 Å². The minimum absolute atomic E-state index is 0. The molecular formula is C24H42IN5O. The molecule has 7 heteroatoms. The lowest BCUT2D eigenvalue weighted by Gasteiger charge is -2.36. The van der Waals surface area contributed by atoms with Crippen molar-refractivity contribution < 1.29 is 4.74 Å². The Morgan fingerprint density at radius 2 is 1.77 bits per heavy atom. The molecule has 0 amide bonds. The van der Waals surface area contributed by atoms with Crippen molar-refractivity contribution in [3.63, 3.8) is 0 Å². The molecule has 1 aromatic rings. The molecule has 3 rings (SSSR count). The molecule has 2 aliphatic heterocycles. The molecule has 2 aliphatic rings. The van der Waals surface area contributed by atoms with Crippen LogP contribution < -0.4 is 10.6 Å². The maximum atomic E-state index is 5.53. The molecule has 1 unspecified atom stereocenters. The van der Waals surface area contributed by atoms with Crippen molar-refractivity contribution in [1.82, 2.24) is 20.4 Å². The van der Waals surface area contributed by atoms with Crippen LogP contribution in [-0.2, 0) is 11.3 Å². The van der Waals surface area contributed by atoms with E-state index in [0.717, 1.165) is 77.8 Å². The Balaban J connectivity index is 0.00000341. The first-order valence-corrected chi connectivity index (χ1v) is 11.8. The Morgan fingerprint density at radius 1 is 1.10 bits per heavy atom.